The topological polar surface area (TPSA) is 39.4 Å². The molecule has 0 N–H and O–H groups in total. The maximum absolute atomic E-state index is 12.5. The third kappa shape index (κ3) is 2.62. The third-order valence-electron chi connectivity index (χ3n) is 4.61. The number of hydrogen-bond acceptors (Lipinski definition) is 3. The van der Waals surface area contributed by atoms with E-state index in [1.54, 1.807) is 6.07 Å². The van der Waals surface area contributed by atoms with E-state index in [-0.39, 0.29) is 17.3 Å². The molecule has 0 bridgehead atoms. The van der Waals surface area contributed by atoms with Gasteiger partial charge in [-0.15, -0.1) is 0 Å². The highest BCUT2D eigenvalue weighted by Crippen LogP contribution is 2.41. The van der Waals surface area contributed by atoms with Crippen LogP contribution >= 0.6 is 0 Å². The van der Waals surface area contributed by atoms with Gasteiger partial charge in [-0.2, -0.15) is 0 Å². The molecule has 1 saturated carbocycles. The Morgan fingerprint density at radius 2 is 2.05 bits per heavy atom. The monoisotopic (exact) mass is 262 g/mol. The first kappa shape index (κ1) is 12.9. The molecule has 1 aliphatic heterocycles. The summed E-state index contributed by atoms with van der Waals surface area (Å²) in [7, 11) is 0. The van der Waals surface area contributed by atoms with Gasteiger partial charge >= 0.3 is 0 Å². The molecule has 3 nitrogen and oxygen atoms in total. The lowest BCUT2D eigenvalue weighted by atomic mass is 9.75. The smallest absolute Gasteiger partial charge is 0.201 e. The van der Waals surface area contributed by atoms with Gasteiger partial charge in [-0.3, -0.25) is 4.79 Å². The summed E-state index contributed by atoms with van der Waals surface area (Å²) in [5.74, 6) is 1.58. The summed E-state index contributed by atoms with van der Waals surface area (Å²) in [4.78, 5) is 12.5. The van der Waals surface area contributed by atoms with Crippen molar-refractivity contribution in [3.63, 3.8) is 0 Å². The Morgan fingerprint density at radius 3 is 2.74 bits per heavy atom. The first-order valence-corrected chi connectivity index (χ1v) is 7.43. The number of carbonyl (C=O) groups is 1. The molecule has 1 saturated heterocycles. The maximum atomic E-state index is 12.5. The van der Waals surface area contributed by atoms with Gasteiger partial charge in [0.15, 0.2) is 5.76 Å². The largest absolute Gasteiger partial charge is 0.458 e. The van der Waals surface area contributed by atoms with E-state index in [1.165, 1.54) is 19.3 Å². The molecule has 2 heterocycles. The Balaban J connectivity index is 1.72. The summed E-state index contributed by atoms with van der Waals surface area (Å²) in [5, 5.41) is 0. The van der Waals surface area contributed by atoms with Crippen LogP contribution in [0.2, 0.25) is 0 Å². The highest BCUT2D eigenvalue weighted by molar-refractivity contribution is 5.95. The second-order valence-electron chi connectivity index (χ2n) is 6.06. The lowest BCUT2D eigenvalue weighted by molar-refractivity contribution is -0.111. The molecule has 1 spiro atoms. The summed E-state index contributed by atoms with van der Waals surface area (Å²) in [6.07, 6.45) is 7.73. The minimum Gasteiger partial charge on any atom is -0.458 e. The normalized spacial score (nSPS) is 26.5. The Bertz CT molecular complexity index is 449. The molecule has 1 unspecified atom stereocenters. The number of Topliss-reactive ketones (excluding diaryl/α,β-unsaturated/α-hetero) is 1. The van der Waals surface area contributed by atoms with Crippen LogP contribution in [-0.2, 0) is 4.74 Å². The quantitative estimate of drug-likeness (QED) is 0.759. The van der Waals surface area contributed by atoms with E-state index in [1.807, 2.05) is 13.0 Å². The number of carbonyl (C=O) groups excluding carboxylic acids is 1. The maximum Gasteiger partial charge on any atom is 0.201 e. The van der Waals surface area contributed by atoms with Crippen molar-refractivity contribution < 1.29 is 13.9 Å². The fourth-order valence-electron chi connectivity index (χ4n) is 3.56. The zero-order chi connectivity index (χ0) is 13.3. The van der Waals surface area contributed by atoms with E-state index in [9.17, 15) is 4.79 Å². The summed E-state index contributed by atoms with van der Waals surface area (Å²) < 4.78 is 11.5. The minimum atomic E-state index is -0.0154. The van der Waals surface area contributed by atoms with Crippen molar-refractivity contribution >= 4 is 5.78 Å². The molecule has 2 aliphatic rings. The van der Waals surface area contributed by atoms with Gasteiger partial charge in [-0.05, 0) is 44.7 Å². The van der Waals surface area contributed by atoms with Gasteiger partial charge < -0.3 is 9.15 Å². The van der Waals surface area contributed by atoms with E-state index in [0.29, 0.717) is 5.76 Å². The van der Waals surface area contributed by atoms with Gasteiger partial charge in [0.2, 0.25) is 5.78 Å². The third-order valence-corrected chi connectivity index (χ3v) is 4.61. The Labute approximate surface area is 114 Å². The predicted molar refractivity (Wildman–Crippen MR) is 72.3 cm³/mol. The predicted octanol–water partition coefficient (Wildman–Crippen LogP) is 3.90. The second-order valence-corrected chi connectivity index (χ2v) is 6.06. The summed E-state index contributed by atoms with van der Waals surface area (Å²) in [5.41, 5.74) is -0.0154. The Morgan fingerprint density at radius 1 is 1.26 bits per heavy atom. The van der Waals surface area contributed by atoms with Crippen LogP contribution in [0.1, 0.15) is 61.3 Å². The number of ketones is 1. The zero-order valence-electron chi connectivity index (χ0n) is 11.6. The molecule has 3 heteroatoms. The Hall–Kier alpha value is -1.09. The molecule has 0 aromatic carbocycles. The average Bonchev–Trinajstić information content (AvgIpc) is 2.85. The summed E-state index contributed by atoms with van der Waals surface area (Å²) in [6, 6.07) is 3.67. The molecule has 0 amide bonds. The van der Waals surface area contributed by atoms with Crippen molar-refractivity contribution in [1.82, 2.24) is 0 Å². The molecular formula is C16H22O3. The number of aryl methyl sites for hydroxylation is 1. The Kier molecular flexibility index (Phi) is 3.48. The highest BCUT2D eigenvalue weighted by atomic mass is 16.5. The van der Waals surface area contributed by atoms with Gasteiger partial charge in [0, 0.05) is 12.5 Å². The van der Waals surface area contributed by atoms with Gasteiger partial charge in [-0.1, -0.05) is 19.3 Å². The van der Waals surface area contributed by atoms with Gasteiger partial charge in [0.25, 0.3) is 0 Å². The lowest BCUT2D eigenvalue weighted by Gasteiger charge is -2.43. The van der Waals surface area contributed by atoms with Crippen LogP contribution in [-0.4, -0.2) is 18.0 Å². The molecular weight excluding hydrogens is 240 g/mol. The second kappa shape index (κ2) is 5.12. The van der Waals surface area contributed by atoms with E-state index < -0.39 is 0 Å². The van der Waals surface area contributed by atoms with E-state index >= 15 is 0 Å². The van der Waals surface area contributed by atoms with E-state index in [2.05, 4.69) is 0 Å². The van der Waals surface area contributed by atoms with E-state index in [0.717, 1.165) is 38.1 Å². The van der Waals surface area contributed by atoms with Gasteiger partial charge in [-0.25, -0.2) is 0 Å². The molecule has 0 radical (unpaired) electrons. The first-order valence-electron chi connectivity index (χ1n) is 7.43. The lowest BCUT2D eigenvalue weighted by Crippen LogP contribution is -2.43. The van der Waals surface area contributed by atoms with Crippen LogP contribution in [0.5, 0.6) is 0 Å². The summed E-state index contributed by atoms with van der Waals surface area (Å²) >= 11 is 0. The summed E-state index contributed by atoms with van der Waals surface area (Å²) in [6.45, 7) is 2.60. The van der Waals surface area contributed by atoms with Crippen LogP contribution < -0.4 is 0 Å². The van der Waals surface area contributed by atoms with Crippen molar-refractivity contribution in [2.45, 2.75) is 57.5 Å². The number of furan rings is 1. The van der Waals surface area contributed by atoms with Crippen LogP contribution in [0.25, 0.3) is 0 Å². The highest BCUT2D eigenvalue weighted by Gasteiger charge is 2.41. The fourth-order valence-corrected chi connectivity index (χ4v) is 3.56. The molecule has 104 valence electrons. The number of rotatable bonds is 2. The van der Waals surface area contributed by atoms with Crippen molar-refractivity contribution in [3.8, 4) is 0 Å². The van der Waals surface area contributed by atoms with Crippen LogP contribution in [0, 0.1) is 12.8 Å². The number of ether oxygens (including phenoxy) is 1. The molecule has 1 aromatic heterocycles. The van der Waals surface area contributed by atoms with Crippen molar-refractivity contribution in [2.75, 3.05) is 6.61 Å². The SMILES string of the molecule is Cc1ccc(C(=O)C2CCOC3(CCCCC3)C2)o1. The standard InChI is InChI=1S/C16H22O3/c1-12-5-6-14(19-12)15(17)13-7-10-18-16(11-13)8-3-2-4-9-16/h5-6,13H,2-4,7-11H2,1H3. The van der Waals surface area contributed by atoms with Crippen molar-refractivity contribution in [3.05, 3.63) is 23.7 Å². The van der Waals surface area contributed by atoms with Gasteiger partial charge in [0.1, 0.15) is 5.76 Å². The molecule has 1 aliphatic carbocycles. The molecule has 3 rings (SSSR count). The van der Waals surface area contributed by atoms with Crippen LogP contribution in [0.4, 0.5) is 0 Å². The van der Waals surface area contributed by atoms with Crippen LogP contribution in [0.3, 0.4) is 0 Å². The van der Waals surface area contributed by atoms with E-state index in [4.69, 9.17) is 9.15 Å². The zero-order valence-corrected chi connectivity index (χ0v) is 11.6. The molecule has 2 fully saturated rings. The van der Waals surface area contributed by atoms with Crippen LogP contribution in [0.15, 0.2) is 16.5 Å². The molecule has 19 heavy (non-hydrogen) atoms. The minimum absolute atomic E-state index is 0.0154. The first-order chi connectivity index (χ1) is 9.19. The molecule has 1 atom stereocenters. The average molecular weight is 262 g/mol. The fraction of sp³-hybridized carbons (Fsp3) is 0.688. The van der Waals surface area contributed by atoms with Crippen molar-refractivity contribution in [2.24, 2.45) is 5.92 Å². The van der Waals surface area contributed by atoms with Gasteiger partial charge in [0.05, 0.1) is 5.60 Å². The van der Waals surface area contributed by atoms with Crippen molar-refractivity contribution in [1.29, 1.82) is 0 Å². The number of hydrogen-bond donors (Lipinski definition) is 0. The molecule has 1 aromatic rings.